The number of hydrogen-bond donors (Lipinski definition) is 0. The highest BCUT2D eigenvalue weighted by Gasteiger charge is 2.41. The predicted molar refractivity (Wildman–Crippen MR) is 94.6 cm³/mol. The molecular weight excluding hydrogens is 398 g/mol. The zero-order chi connectivity index (χ0) is 17.9. The number of benzene rings is 1. The summed E-state index contributed by atoms with van der Waals surface area (Å²) in [5.74, 6) is -0.447. The molecule has 0 aliphatic carbocycles. The summed E-state index contributed by atoms with van der Waals surface area (Å²) in [6.45, 7) is 3.89. The Morgan fingerprint density at radius 2 is 2.12 bits per heavy atom. The van der Waals surface area contributed by atoms with E-state index in [2.05, 4.69) is 20.7 Å². The maximum atomic E-state index is 12.4. The number of hydrogen-bond acceptors (Lipinski definition) is 6. The standard InChI is InChI=1S/C16H16BrNO5S/c1-4-23-12-6-5-10(7-11(12)17)8-13-14(19)18(16(21)24-13)9(2)15(20)22-3/h5-9H,4H2,1-3H3/b13-8+/t9-/m1/s1. The Morgan fingerprint density at radius 3 is 2.71 bits per heavy atom. The molecule has 0 radical (unpaired) electrons. The van der Waals surface area contributed by atoms with Crippen molar-refractivity contribution in [3.8, 4) is 5.75 Å². The minimum absolute atomic E-state index is 0.256. The highest BCUT2D eigenvalue weighted by Crippen LogP contribution is 2.35. The van der Waals surface area contributed by atoms with Crippen molar-refractivity contribution in [1.82, 2.24) is 4.90 Å². The van der Waals surface area contributed by atoms with Gasteiger partial charge in [-0.2, -0.15) is 0 Å². The van der Waals surface area contributed by atoms with Crippen LogP contribution in [0.25, 0.3) is 6.08 Å². The van der Waals surface area contributed by atoms with Crippen LogP contribution in [-0.4, -0.2) is 41.8 Å². The summed E-state index contributed by atoms with van der Waals surface area (Å²) in [5, 5.41) is -0.492. The Balaban J connectivity index is 2.25. The largest absolute Gasteiger partial charge is 0.493 e. The van der Waals surface area contributed by atoms with Gasteiger partial charge in [-0.15, -0.1) is 0 Å². The summed E-state index contributed by atoms with van der Waals surface area (Å²) in [4.78, 5) is 37.2. The van der Waals surface area contributed by atoms with Gasteiger partial charge in [0.25, 0.3) is 11.1 Å². The Bertz CT molecular complexity index is 718. The van der Waals surface area contributed by atoms with Crippen molar-refractivity contribution in [2.45, 2.75) is 19.9 Å². The third-order valence-electron chi connectivity index (χ3n) is 3.31. The molecule has 1 heterocycles. The molecule has 1 aliphatic heterocycles. The molecule has 0 spiro atoms. The van der Waals surface area contributed by atoms with Gasteiger partial charge in [0.1, 0.15) is 11.8 Å². The summed E-state index contributed by atoms with van der Waals surface area (Å²) in [5.41, 5.74) is 0.738. The molecule has 0 bridgehead atoms. The first-order valence-corrected chi connectivity index (χ1v) is 8.77. The van der Waals surface area contributed by atoms with Gasteiger partial charge in [0.15, 0.2) is 0 Å². The fraction of sp³-hybridized carbons (Fsp3) is 0.312. The number of nitrogens with zero attached hydrogens (tertiary/aromatic N) is 1. The first-order valence-electron chi connectivity index (χ1n) is 7.16. The van der Waals surface area contributed by atoms with Crippen LogP contribution in [0.15, 0.2) is 27.6 Å². The molecule has 8 heteroatoms. The highest BCUT2D eigenvalue weighted by atomic mass is 79.9. The third-order valence-corrected chi connectivity index (χ3v) is 4.81. The molecule has 2 amide bonds. The molecule has 0 saturated carbocycles. The minimum Gasteiger partial charge on any atom is -0.493 e. The average molecular weight is 414 g/mol. The number of carbonyl (C=O) groups is 3. The molecule has 6 nitrogen and oxygen atoms in total. The lowest BCUT2D eigenvalue weighted by molar-refractivity contribution is -0.148. The van der Waals surface area contributed by atoms with E-state index in [1.807, 2.05) is 6.92 Å². The van der Waals surface area contributed by atoms with Crippen molar-refractivity contribution in [2.24, 2.45) is 0 Å². The van der Waals surface area contributed by atoms with E-state index in [-0.39, 0.29) is 4.91 Å². The molecule has 0 aromatic heterocycles. The third kappa shape index (κ3) is 3.81. The van der Waals surface area contributed by atoms with Crippen LogP contribution in [0.4, 0.5) is 4.79 Å². The first-order chi connectivity index (χ1) is 11.4. The predicted octanol–water partition coefficient (Wildman–Crippen LogP) is 3.45. The molecule has 0 unspecified atom stereocenters. The summed E-state index contributed by atoms with van der Waals surface area (Å²) in [7, 11) is 1.21. The van der Waals surface area contributed by atoms with Gasteiger partial charge in [0.05, 0.1) is 23.1 Å². The fourth-order valence-corrected chi connectivity index (χ4v) is 3.54. The number of esters is 1. The number of thioether (sulfide) groups is 1. The van der Waals surface area contributed by atoms with Crippen LogP contribution >= 0.6 is 27.7 Å². The van der Waals surface area contributed by atoms with Crippen molar-refractivity contribution in [3.05, 3.63) is 33.1 Å². The van der Waals surface area contributed by atoms with E-state index in [0.717, 1.165) is 26.7 Å². The lowest BCUT2D eigenvalue weighted by Crippen LogP contribution is -2.42. The second-order valence-corrected chi connectivity index (χ2v) is 6.72. The first kappa shape index (κ1) is 18.5. The van der Waals surface area contributed by atoms with Gasteiger partial charge in [-0.1, -0.05) is 6.07 Å². The van der Waals surface area contributed by atoms with Crippen LogP contribution in [0, 0.1) is 0 Å². The van der Waals surface area contributed by atoms with E-state index in [9.17, 15) is 14.4 Å². The maximum absolute atomic E-state index is 12.4. The molecule has 1 aromatic rings. The molecule has 1 aromatic carbocycles. The van der Waals surface area contributed by atoms with Gasteiger partial charge in [0.2, 0.25) is 0 Å². The molecule has 1 fully saturated rings. The Hall–Kier alpha value is -1.80. The lowest BCUT2D eigenvalue weighted by Gasteiger charge is -2.18. The number of methoxy groups -OCH3 is 1. The van der Waals surface area contributed by atoms with Crippen LogP contribution in [0.2, 0.25) is 0 Å². The van der Waals surface area contributed by atoms with E-state index in [4.69, 9.17) is 4.74 Å². The number of ether oxygens (including phenoxy) is 2. The van der Waals surface area contributed by atoms with E-state index in [1.54, 1.807) is 24.3 Å². The summed E-state index contributed by atoms with van der Waals surface area (Å²) in [6, 6.07) is 4.40. The Kier molecular flexibility index (Phi) is 6.06. The van der Waals surface area contributed by atoms with Crippen molar-refractivity contribution in [3.63, 3.8) is 0 Å². The van der Waals surface area contributed by atoms with Crippen LogP contribution in [0.1, 0.15) is 19.4 Å². The fourth-order valence-electron chi connectivity index (χ4n) is 2.12. The molecule has 1 aliphatic rings. The summed E-state index contributed by atoms with van der Waals surface area (Å²) in [6.07, 6.45) is 1.61. The molecule has 24 heavy (non-hydrogen) atoms. The topological polar surface area (TPSA) is 72.9 Å². The lowest BCUT2D eigenvalue weighted by atomic mass is 10.2. The molecule has 0 N–H and O–H groups in total. The smallest absolute Gasteiger partial charge is 0.328 e. The van der Waals surface area contributed by atoms with E-state index in [0.29, 0.717) is 12.4 Å². The average Bonchev–Trinajstić information content (AvgIpc) is 2.82. The van der Waals surface area contributed by atoms with Gasteiger partial charge in [0, 0.05) is 0 Å². The van der Waals surface area contributed by atoms with Crippen LogP contribution in [-0.2, 0) is 14.3 Å². The minimum atomic E-state index is -0.958. The van der Waals surface area contributed by atoms with Gasteiger partial charge in [-0.3, -0.25) is 14.5 Å². The number of halogens is 1. The van der Waals surface area contributed by atoms with Gasteiger partial charge >= 0.3 is 5.97 Å². The number of amides is 2. The van der Waals surface area contributed by atoms with Crippen LogP contribution < -0.4 is 4.74 Å². The normalized spacial score (nSPS) is 17.3. The van der Waals surface area contributed by atoms with Crippen molar-refractivity contribution < 1.29 is 23.9 Å². The summed E-state index contributed by atoms with van der Waals surface area (Å²) >= 11 is 4.20. The second-order valence-electron chi connectivity index (χ2n) is 4.87. The van der Waals surface area contributed by atoms with E-state index in [1.165, 1.54) is 14.0 Å². The van der Waals surface area contributed by atoms with E-state index >= 15 is 0 Å². The van der Waals surface area contributed by atoms with Gasteiger partial charge in [-0.25, -0.2) is 4.79 Å². The highest BCUT2D eigenvalue weighted by molar-refractivity contribution is 9.10. The summed E-state index contributed by atoms with van der Waals surface area (Å²) < 4.78 is 10.8. The number of imide groups is 1. The number of carbonyl (C=O) groups excluding carboxylic acids is 3. The van der Waals surface area contributed by atoms with Crippen molar-refractivity contribution >= 4 is 50.9 Å². The Morgan fingerprint density at radius 1 is 1.42 bits per heavy atom. The molecular formula is C16H16BrNO5S. The quantitative estimate of drug-likeness (QED) is 0.543. The molecule has 2 rings (SSSR count). The molecule has 1 saturated heterocycles. The second kappa shape index (κ2) is 7.85. The van der Waals surface area contributed by atoms with Crippen molar-refractivity contribution in [2.75, 3.05) is 13.7 Å². The SMILES string of the molecule is CCOc1ccc(/C=C2/SC(=O)N([C@H](C)C(=O)OC)C2=O)cc1Br. The van der Waals surface area contributed by atoms with Crippen LogP contribution in [0.5, 0.6) is 5.75 Å². The molecule has 1 atom stereocenters. The Labute approximate surface area is 152 Å². The van der Waals surface area contributed by atoms with E-state index < -0.39 is 23.2 Å². The van der Waals surface area contributed by atoms with Crippen molar-refractivity contribution in [1.29, 1.82) is 0 Å². The molecule has 128 valence electrons. The zero-order valence-electron chi connectivity index (χ0n) is 13.4. The van der Waals surface area contributed by atoms with Gasteiger partial charge < -0.3 is 9.47 Å². The monoisotopic (exact) mass is 413 g/mol. The number of rotatable bonds is 5. The van der Waals surface area contributed by atoms with Gasteiger partial charge in [-0.05, 0) is 65.3 Å². The van der Waals surface area contributed by atoms with Crippen LogP contribution in [0.3, 0.4) is 0 Å². The maximum Gasteiger partial charge on any atom is 0.328 e. The zero-order valence-corrected chi connectivity index (χ0v) is 15.8.